The maximum Gasteiger partial charge on any atom is 0.222 e. The van der Waals surface area contributed by atoms with Gasteiger partial charge in [0.1, 0.15) is 23.6 Å². The Balaban J connectivity index is 1.05. The second-order valence-corrected chi connectivity index (χ2v) is 12.6. The number of rotatable bonds is 35. The van der Waals surface area contributed by atoms with Crippen molar-refractivity contribution < 1.29 is 52.6 Å². The van der Waals surface area contributed by atoms with E-state index in [0.29, 0.717) is 154 Å². The van der Waals surface area contributed by atoms with Crippen LogP contribution in [-0.2, 0) is 54.0 Å². The number of benzene rings is 1. The molecule has 2 heterocycles. The summed E-state index contributed by atoms with van der Waals surface area (Å²) in [5.41, 5.74) is 14.4. The number of ether oxygens (including phenoxy) is 8. The van der Waals surface area contributed by atoms with E-state index < -0.39 is 0 Å². The Kier molecular flexibility index (Phi) is 25.0. The fraction of sp³-hybridized carbons (Fsp3) is 0.658. The first kappa shape index (κ1) is 47.3. The molecular weight excluding hydrogens is 744 g/mol. The van der Waals surface area contributed by atoms with E-state index in [0.717, 1.165) is 24.0 Å². The Morgan fingerprint density at radius 2 is 1.19 bits per heavy atom. The lowest BCUT2D eigenvalue weighted by molar-refractivity contribution is -0.123. The van der Waals surface area contributed by atoms with Gasteiger partial charge in [0, 0.05) is 44.6 Å². The molecule has 7 N–H and O–H groups in total. The van der Waals surface area contributed by atoms with Crippen molar-refractivity contribution >= 4 is 28.7 Å². The molecule has 0 bridgehead atoms. The maximum absolute atomic E-state index is 12.2. The summed E-state index contributed by atoms with van der Waals surface area (Å²) in [6.07, 6.45) is 3.47. The van der Waals surface area contributed by atoms with E-state index in [4.69, 9.17) is 54.5 Å². The third kappa shape index (κ3) is 20.3. The number of hydrogen-bond donors (Lipinski definition) is 5. The molecule has 0 atom stereocenters. The molecule has 19 nitrogen and oxygen atoms in total. The van der Waals surface area contributed by atoms with E-state index in [1.165, 1.54) is 6.33 Å². The van der Waals surface area contributed by atoms with Gasteiger partial charge in [-0.05, 0) is 43.5 Å². The lowest BCUT2D eigenvalue weighted by Gasteiger charge is -2.09. The van der Waals surface area contributed by atoms with Crippen LogP contribution in [0.25, 0.3) is 22.3 Å². The number of amides is 2. The second-order valence-electron chi connectivity index (χ2n) is 12.6. The maximum atomic E-state index is 12.2. The number of nitrogen functional groups attached to an aromatic ring is 1. The molecule has 0 aliphatic carbocycles. The Hall–Kier alpha value is -4.05. The average molecular weight is 807 g/mol. The lowest BCUT2D eigenvalue weighted by Crippen LogP contribution is -2.28. The van der Waals surface area contributed by atoms with Gasteiger partial charge < -0.3 is 65.1 Å². The van der Waals surface area contributed by atoms with Crippen molar-refractivity contribution in [2.75, 3.05) is 131 Å². The summed E-state index contributed by atoms with van der Waals surface area (Å²) in [5.74, 6) is 0.374. The Morgan fingerprint density at radius 3 is 1.74 bits per heavy atom. The summed E-state index contributed by atoms with van der Waals surface area (Å²) in [7, 11) is 0. The van der Waals surface area contributed by atoms with E-state index in [1.807, 2.05) is 13.0 Å². The van der Waals surface area contributed by atoms with Crippen molar-refractivity contribution in [3.8, 4) is 17.0 Å². The van der Waals surface area contributed by atoms with Gasteiger partial charge in [-0.2, -0.15) is 5.10 Å². The van der Waals surface area contributed by atoms with Crippen LogP contribution in [-0.4, -0.2) is 162 Å². The summed E-state index contributed by atoms with van der Waals surface area (Å²) in [6, 6.07) is 5.28. The summed E-state index contributed by atoms with van der Waals surface area (Å²) in [6.45, 7) is 10.7. The van der Waals surface area contributed by atoms with Gasteiger partial charge in [-0.1, -0.05) is 0 Å². The number of fused-ring (bicyclic) bond motifs is 1. The highest BCUT2D eigenvalue weighted by Gasteiger charge is 2.17. The van der Waals surface area contributed by atoms with Gasteiger partial charge in [-0.15, -0.1) is 0 Å². The predicted molar refractivity (Wildman–Crippen MR) is 212 cm³/mol. The number of phenols is 1. The molecule has 0 radical (unpaired) electrons. The summed E-state index contributed by atoms with van der Waals surface area (Å²) >= 11 is 0. The van der Waals surface area contributed by atoms with Crippen LogP contribution in [0.15, 0.2) is 24.5 Å². The Labute approximate surface area is 334 Å². The number of anilines is 1. The first-order chi connectivity index (χ1) is 27.9. The molecule has 2 aromatic heterocycles. The molecule has 1 aromatic carbocycles. The molecule has 0 fully saturated rings. The van der Waals surface area contributed by atoms with Gasteiger partial charge in [-0.3, -0.25) is 9.59 Å². The minimum absolute atomic E-state index is 0.0772. The van der Waals surface area contributed by atoms with Crippen molar-refractivity contribution in [1.82, 2.24) is 30.4 Å². The topological polar surface area (TPSA) is 248 Å². The molecule has 0 saturated heterocycles. The van der Waals surface area contributed by atoms with Crippen LogP contribution in [0, 0.1) is 6.92 Å². The van der Waals surface area contributed by atoms with Gasteiger partial charge in [0.25, 0.3) is 0 Å². The standard InChI is InChI=1S/C38H62N8O11/c1-30-28-31(4-5-32(30)47)36-35-37(40)43-29-44-38(35)46(45-36)11-3-2-9-41-33(48)6-12-50-16-20-55-25-27-57-23-19-53-15-10-42-34(49)7-13-51-17-21-54-24-26-56-22-18-52-14-8-39/h4-5,28-29,47H,2-3,6-27,39H2,1H3,(H,41,48)(H,42,49)(H2,40,43,44). The molecule has 0 aliphatic rings. The van der Waals surface area contributed by atoms with Crippen molar-refractivity contribution in [1.29, 1.82) is 0 Å². The van der Waals surface area contributed by atoms with Gasteiger partial charge >= 0.3 is 0 Å². The second kappa shape index (κ2) is 30.1. The van der Waals surface area contributed by atoms with Crippen LogP contribution in [0.3, 0.4) is 0 Å². The van der Waals surface area contributed by atoms with Gasteiger partial charge in [0.15, 0.2) is 5.65 Å². The number of aromatic nitrogens is 4. The van der Waals surface area contributed by atoms with E-state index in [2.05, 4.69) is 20.6 Å². The van der Waals surface area contributed by atoms with Crippen LogP contribution < -0.4 is 22.1 Å². The van der Waals surface area contributed by atoms with Crippen molar-refractivity contribution in [3.05, 3.63) is 30.1 Å². The number of aromatic hydroxyl groups is 1. The number of hydrogen-bond acceptors (Lipinski definition) is 16. The van der Waals surface area contributed by atoms with Crippen molar-refractivity contribution in [3.63, 3.8) is 0 Å². The number of phenolic OH excluding ortho intramolecular Hbond substituents is 1. The summed E-state index contributed by atoms with van der Waals surface area (Å²) in [4.78, 5) is 32.6. The molecule has 0 aliphatic heterocycles. The first-order valence-electron chi connectivity index (χ1n) is 19.5. The summed E-state index contributed by atoms with van der Waals surface area (Å²) < 4.78 is 45.1. The average Bonchev–Trinajstić information content (AvgIpc) is 3.58. The molecule has 0 saturated carbocycles. The third-order valence-corrected chi connectivity index (χ3v) is 8.16. The van der Waals surface area contributed by atoms with Gasteiger partial charge in [0.2, 0.25) is 11.8 Å². The number of carbonyl (C=O) groups excluding carboxylic acids is 2. The molecule has 3 rings (SSSR count). The molecule has 0 spiro atoms. The summed E-state index contributed by atoms with van der Waals surface area (Å²) in [5, 5.41) is 21.1. The fourth-order valence-electron chi connectivity index (χ4n) is 5.18. The molecule has 19 heteroatoms. The monoisotopic (exact) mass is 806 g/mol. The number of nitrogens with two attached hydrogens (primary N) is 2. The zero-order chi connectivity index (χ0) is 40.8. The third-order valence-electron chi connectivity index (χ3n) is 8.16. The van der Waals surface area contributed by atoms with E-state index in [1.54, 1.807) is 16.8 Å². The van der Waals surface area contributed by atoms with Crippen LogP contribution >= 0.6 is 0 Å². The van der Waals surface area contributed by atoms with Crippen molar-refractivity contribution in [2.24, 2.45) is 5.73 Å². The lowest BCUT2D eigenvalue weighted by atomic mass is 10.1. The quantitative estimate of drug-likeness (QED) is 0.0520. The van der Waals surface area contributed by atoms with Gasteiger partial charge in [-0.25, -0.2) is 14.6 Å². The number of unbranched alkanes of at least 4 members (excludes halogenated alkanes) is 1. The molecule has 0 unspecified atom stereocenters. The Bertz CT molecular complexity index is 1550. The van der Waals surface area contributed by atoms with E-state index in [9.17, 15) is 14.7 Å². The highest BCUT2D eigenvalue weighted by molar-refractivity contribution is 5.98. The predicted octanol–water partition coefficient (Wildman–Crippen LogP) is 0.974. The fourth-order valence-corrected chi connectivity index (χ4v) is 5.18. The van der Waals surface area contributed by atoms with Crippen LogP contribution in [0.5, 0.6) is 5.75 Å². The molecule has 2 amide bonds. The van der Waals surface area contributed by atoms with Crippen LogP contribution in [0.2, 0.25) is 0 Å². The highest BCUT2D eigenvalue weighted by atomic mass is 16.6. The van der Waals surface area contributed by atoms with E-state index >= 15 is 0 Å². The zero-order valence-corrected chi connectivity index (χ0v) is 33.3. The highest BCUT2D eigenvalue weighted by Crippen LogP contribution is 2.32. The SMILES string of the molecule is Cc1cc(-c2nn(CCCCNC(=O)CCOCCOCCOCCOCCNC(=O)CCOCCOCCOCCOCCN)c3ncnc(N)c23)ccc1O. The first-order valence-corrected chi connectivity index (χ1v) is 19.5. The van der Waals surface area contributed by atoms with E-state index in [-0.39, 0.29) is 30.4 Å². The normalized spacial score (nSPS) is 11.4. The molecule has 320 valence electrons. The number of nitrogens with zero attached hydrogens (tertiary/aromatic N) is 4. The zero-order valence-electron chi connectivity index (χ0n) is 33.3. The number of nitrogens with one attached hydrogen (secondary N) is 2. The minimum atomic E-state index is -0.102. The largest absolute Gasteiger partial charge is 0.508 e. The molecule has 3 aromatic rings. The van der Waals surface area contributed by atoms with Crippen molar-refractivity contribution in [2.45, 2.75) is 39.2 Å². The minimum Gasteiger partial charge on any atom is -0.508 e. The van der Waals surface area contributed by atoms with Gasteiger partial charge in [0.05, 0.1) is 111 Å². The van der Waals surface area contributed by atoms with Crippen LogP contribution in [0.4, 0.5) is 5.82 Å². The number of carbonyl (C=O) groups is 2. The van der Waals surface area contributed by atoms with Crippen LogP contribution in [0.1, 0.15) is 31.2 Å². The smallest absolute Gasteiger partial charge is 0.222 e. The molecular formula is C38H62N8O11. The molecule has 57 heavy (non-hydrogen) atoms. The Morgan fingerprint density at radius 1 is 0.684 bits per heavy atom. The number of aryl methyl sites for hydroxylation is 2.